The second-order valence-electron chi connectivity index (χ2n) is 6.55. The van der Waals surface area contributed by atoms with Crippen molar-refractivity contribution in [3.05, 3.63) is 76.1 Å². The van der Waals surface area contributed by atoms with Crippen LogP contribution in [0.1, 0.15) is 15.9 Å². The zero-order valence-corrected chi connectivity index (χ0v) is 18.0. The number of aromatic nitrogens is 1. The lowest BCUT2D eigenvalue weighted by Gasteiger charge is -2.12. The Morgan fingerprint density at radius 3 is 2.57 bits per heavy atom. The van der Waals surface area contributed by atoms with Gasteiger partial charge in [0.1, 0.15) is 0 Å². The standard InChI is InChI=1S/C23H19ClN2O3S/c1-28-19-8-7-14(11-20(19)29-2)13-25-23(27)16-12-18(21-9-10-22(24)30-21)26-17-6-4-3-5-15(16)17/h3-12H,13H2,1-2H3,(H,25,27). The molecule has 2 aromatic carbocycles. The molecular weight excluding hydrogens is 420 g/mol. The number of carbonyl (C=O) groups excluding carboxylic acids is 1. The molecule has 0 radical (unpaired) electrons. The van der Waals surface area contributed by atoms with E-state index in [-0.39, 0.29) is 5.91 Å². The van der Waals surface area contributed by atoms with Crippen LogP contribution >= 0.6 is 22.9 Å². The normalized spacial score (nSPS) is 10.8. The summed E-state index contributed by atoms with van der Waals surface area (Å²) in [6.07, 6.45) is 0. The Morgan fingerprint density at radius 1 is 1.03 bits per heavy atom. The van der Waals surface area contributed by atoms with E-state index in [4.69, 9.17) is 26.1 Å². The summed E-state index contributed by atoms with van der Waals surface area (Å²) < 4.78 is 11.3. The molecule has 1 N–H and O–H groups in total. The molecule has 0 fully saturated rings. The SMILES string of the molecule is COc1ccc(CNC(=O)c2cc(-c3ccc(Cl)s3)nc3ccccc23)cc1OC. The molecule has 0 atom stereocenters. The summed E-state index contributed by atoms with van der Waals surface area (Å²) in [7, 11) is 3.17. The number of para-hydroxylation sites is 1. The van der Waals surface area contributed by atoms with Crippen LogP contribution in [0.3, 0.4) is 0 Å². The van der Waals surface area contributed by atoms with Gasteiger partial charge < -0.3 is 14.8 Å². The number of methoxy groups -OCH3 is 2. The van der Waals surface area contributed by atoms with Crippen molar-refractivity contribution in [1.82, 2.24) is 10.3 Å². The van der Waals surface area contributed by atoms with E-state index in [2.05, 4.69) is 5.32 Å². The van der Waals surface area contributed by atoms with Crippen molar-refractivity contribution in [3.8, 4) is 22.1 Å². The Hall–Kier alpha value is -3.09. The number of rotatable bonds is 6. The first-order valence-corrected chi connectivity index (χ1v) is 10.4. The quantitative estimate of drug-likeness (QED) is 0.428. The first-order valence-electron chi connectivity index (χ1n) is 9.23. The number of amides is 1. The van der Waals surface area contributed by atoms with Gasteiger partial charge >= 0.3 is 0 Å². The van der Waals surface area contributed by atoms with Crippen molar-refractivity contribution in [2.75, 3.05) is 14.2 Å². The van der Waals surface area contributed by atoms with Crippen LogP contribution < -0.4 is 14.8 Å². The van der Waals surface area contributed by atoms with Crippen LogP contribution in [0.5, 0.6) is 11.5 Å². The summed E-state index contributed by atoms with van der Waals surface area (Å²) in [6, 6.07) is 18.7. The molecule has 1 amide bonds. The van der Waals surface area contributed by atoms with Crippen LogP contribution in [-0.4, -0.2) is 25.1 Å². The van der Waals surface area contributed by atoms with Gasteiger partial charge in [0.2, 0.25) is 0 Å². The number of thiophene rings is 1. The zero-order valence-electron chi connectivity index (χ0n) is 16.4. The monoisotopic (exact) mass is 438 g/mol. The number of nitrogens with one attached hydrogen (secondary N) is 1. The molecule has 30 heavy (non-hydrogen) atoms. The van der Waals surface area contributed by atoms with E-state index in [1.807, 2.05) is 60.7 Å². The Morgan fingerprint density at radius 2 is 1.83 bits per heavy atom. The summed E-state index contributed by atoms with van der Waals surface area (Å²) in [5.41, 5.74) is 2.96. The summed E-state index contributed by atoms with van der Waals surface area (Å²) in [5, 5.41) is 3.79. The molecule has 0 saturated carbocycles. The van der Waals surface area contributed by atoms with Crippen molar-refractivity contribution < 1.29 is 14.3 Å². The van der Waals surface area contributed by atoms with Crippen LogP contribution in [0.4, 0.5) is 0 Å². The molecule has 0 aliphatic rings. The summed E-state index contributed by atoms with van der Waals surface area (Å²) in [5.74, 6) is 1.09. The van der Waals surface area contributed by atoms with Crippen molar-refractivity contribution in [1.29, 1.82) is 0 Å². The lowest BCUT2D eigenvalue weighted by atomic mass is 10.1. The lowest BCUT2D eigenvalue weighted by Crippen LogP contribution is -2.23. The van der Waals surface area contributed by atoms with Gasteiger partial charge in [0, 0.05) is 11.9 Å². The van der Waals surface area contributed by atoms with Gasteiger partial charge in [0.25, 0.3) is 5.91 Å². The largest absolute Gasteiger partial charge is 0.493 e. The average molecular weight is 439 g/mol. The van der Waals surface area contributed by atoms with Crippen LogP contribution in [0.25, 0.3) is 21.5 Å². The summed E-state index contributed by atoms with van der Waals surface area (Å²) >= 11 is 7.52. The number of pyridine rings is 1. The highest BCUT2D eigenvalue weighted by Crippen LogP contribution is 2.32. The molecule has 4 aromatic rings. The number of hydrogen-bond donors (Lipinski definition) is 1. The average Bonchev–Trinajstić information content (AvgIpc) is 3.22. The maximum Gasteiger partial charge on any atom is 0.252 e. The van der Waals surface area contributed by atoms with E-state index in [0.717, 1.165) is 27.0 Å². The molecule has 0 unspecified atom stereocenters. The van der Waals surface area contributed by atoms with Crippen molar-refractivity contribution in [2.24, 2.45) is 0 Å². The van der Waals surface area contributed by atoms with E-state index in [1.165, 1.54) is 11.3 Å². The van der Waals surface area contributed by atoms with Crippen molar-refractivity contribution >= 4 is 39.7 Å². The number of carbonyl (C=O) groups is 1. The predicted molar refractivity (Wildman–Crippen MR) is 121 cm³/mol. The molecule has 0 bridgehead atoms. The first-order chi connectivity index (χ1) is 14.6. The number of benzene rings is 2. The lowest BCUT2D eigenvalue weighted by molar-refractivity contribution is 0.0952. The number of halogens is 1. The van der Waals surface area contributed by atoms with Crippen molar-refractivity contribution in [2.45, 2.75) is 6.54 Å². The molecule has 0 saturated heterocycles. The highest BCUT2D eigenvalue weighted by Gasteiger charge is 2.15. The fourth-order valence-corrected chi connectivity index (χ4v) is 4.21. The maximum absolute atomic E-state index is 13.1. The van der Waals surface area contributed by atoms with E-state index >= 15 is 0 Å². The van der Waals surface area contributed by atoms with E-state index in [9.17, 15) is 4.79 Å². The second-order valence-corrected chi connectivity index (χ2v) is 8.26. The van der Waals surface area contributed by atoms with E-state index in [0.29, 0.717) is 27.9 Å². The maximum atomic E-state index is 13.1. The van der Waals surface area contributed by atoms with Gasteiger partial charge in [-0.2, -0.15) is 0 Å². The third-order valence-electron chi connectivity index (χ3n) is 4.69. The molecule has 0 aliphatic heterocycles. The van der Waals surface area contributed by atoms with Gasteiger partial charge in [-0.15, -0.1) is 11.3 Å². The second kappa shape index (κ2) is 8.73. The summed E-state index contributed by atoms with van der Waals surface area (Å²) in [4.78, 5) is 18.7. The van der Waals surface area contributed by atoms with E-state index in [1.54, 1.807) is 14.2 Å². The van der Waals surface area contributed by atoms with Crippen molar-refractivity contribution in [3.63, 3.8) is 0 Å². The zero-order chi connectivity index (χ0) is 21.1. The molecule has 0 aliphatic carbocycles. The highest BCUT2D eigenvalue weighted by molar-refractivity contribution is 7.19. The van der Waals surface area contributed by atoms with Gasteiger partial charge in [0.15, 0.2) is 11.5 Å². The molecule has 5 nitrogen and oxygen atoms in total. The number of hydrogen-bond acceptors (Lipinski definition) is 5. The van der Waals surface area contributed by atoms with E-state index < -0.39 is 0 Å². The molecule has 0 spiro atoms. The summed E-state index contributed by atoms with van der Waals surface area (Å²) in [6.45, 7) is 0.357. The van der Waals surface area contributed by atoms with Gasteiger partial charge in [-0.05, 0) is 42.0 Å². The third-order valence-corrected chi connectivity index (χ3v) is 5.94. The van der Waals surface area contributed by atoms with Gasteiger partial charge in [-0.1, -0.05) is 35.9 Å². The Labute approximate surface area is 183 Å². The predicted octanol–water partition coefficient (Wildman–Crippen LogP) is 5.56. The van der Waals surface area contributed by atoms with Gasteiger partial charge in [-0.3, -0.25) is 4.79 Å². The van der Waals surface area contributed by atoms with Gasteiger partial charge in [0.05, 0.1) is 40.2 Å². The fraction of sp³-hybridized carbons (Fsp3) is 0.130. The van der Waals surface area contributed by atoms with Crippen LogP contribution in [-0.2, 0) is 6.54 Å². The fourth-order valence-electron chi connectivity index (χ4n) is 3.21. The molecule has 7 heteroatoms. The van der Waals surface area contributed by atoms with Gasteiger partial charge in [-0.25, -0.2) is 4.98 Å². The molecular formula is C23H19ClN2O3S. The van der Waals surface area contributed by atoms with Crippen LogP contribution in [0.15, 0.2) is 60.7 Å². The number of ether oxygens (including phenoxy) is 2. The first kappa shape index (κ1) is 20.2. The Balaban J connectivity index is 1.64. The minimum atomic E-state index is -0.174. The number of nitrogens with zero attached hydrogens (tertiary/aromatic N) is 1. The molecule has 4 rings (SSSR count). The molecule has 152 valence electrons. The van der Waals surface area contributed by atoms with Crippen LogP contribution in [0, 0.1) is 0 Å². The molecule has 2 aromatic heterocycles. The topological polar surface area (TPSA) is 60.5 Å². The Bertz CT molecular complexity index is 1220. The van der Waals surface area contributed by atoms with Crippen LogP contribution in [0.2, 0.25) is 4.34 Å². The minimum absolute atomic E-state index is 0.174. The third kappa shape index (κ3) is 4.10. The highest BCUT2D eigenvalue weighted by atomic mass is 35.5. The smallest absolute Gasteiger partial charge is 0.252 e. The minimum Gasteiger partial charge on any atom is -0.493 e. The number of fused-ring (bicyclic) bond motifs is 1. The Kier molecular flexibility index (Phi) is 5.88. The molecule has 2 heterocycles.